The number of aromatic nitrogens is 2. The van der Waals surface area contributed by atoms with E-state index in [-0.39, 0.29) is 5.54 Å². The topological polar surface area (TPSA) is 68.2 Å². The summed E-state index contributed by atoms with van der Waals surface area (Å²) in [5.74, 6) is 1.82. The third-order valence-corrected chi connectivity index (χ3v) is 2.25. The van der Waals surface area contributed by atoms with Crippen LogP contribution in [0.3, 0.4) is 0 Å². The largest absolute Gasteiger partial charge is 0.382 e. The van der Waals surface area contributed by atoms with Gasteiger partial charge in [-0.25, -0.2) is 9.98 Å². The maximum atomic E-state index is 5.77. The fraction of sp³-hybridized carbons (Fsp3) is 0.400. The number of nitrogens with zero attached hydrogens (tertiary/aromatic N) is 3. The Morgan fingerprint density at radius 2 is 2.13 bits per heavy atom. The van der Waals surface area contributed by atoms with Crippen molar-refractivity contribution in [3.63, 3.8) is 0 Å². The number of fused-ring (bicyclic) bond motifs is 1. The minimum Gasteiger partial charge on any atom is -0.382 e. The highest BCUT2D eigenvalue weighted by Crippen LogP contribution is 2.27. The number of anilines is 1. The monoisotopic (exact) mass is 205 g/mol. The Balaban J connectivity index is 2.58. The molecular formula is C10H15N5. The van der Waals surface area contributed by atoms with Crippen LogP contribution in [-0.2, 0) is 5.54 Å². The molecule has 3 N–H and O–H groups in total. The standard InChI is InChI=1S/C10H15N5/c1-6-13-8(11)7-9(14-6)15(5-12-7)10(2,3)4/h5,14H,1H2,2-4H3,(H2,11,13). The second-order valence-electron chi connectivity index (χ2n) is 4.55. The summed E-state index contributed by atoms with van der Waals surface area (Å²) in [5, 5.41) is 3.08. The van der Waals surface area contributed by atoms with E-state index in [1.54, 1.807) is 6.33 Å². The van der Waals surface area contributed by atoms with Gasteiger partial charge in [0, 0.05) is 5.54 Å². The summed E-state index contributed by atoms with van der Waals surface area (Å²) in [6.45, 7) is 10.0. The molecule has 1 aromatic heterocycles. The Labute approximate surface area is 88.7 Å². The normalized spacial score (nSPS) is 15.7. The zero-order valence-electron chi connectivity index (χ0n) is 9.20. The van der Waals surface area contributed by atoms with E-state index in [4.69, 9.17) is 5.73 Å². The van der Waals surface area contributed by atoms with Crippen molar-refractivity contribution in [3.8, 4) is 0 Å². The lowest BCUT2D eigenvalue weighted by atomic mass is 10.1. The molecule has 2 rings (SSSR count). The van der Waals surface area contributed by atoms with Crippen molar-refractivity contribution in [1.82, 2.24) is 9.55 Å². The third kappa shape index (κ3) is 1.49. The van der Waals surface area contributed by atoms with E-state index in [0.717, 1.165) is 5.82 Å². The quantitative estimate of drug-likeness (QED) is 0.669. The second kappa shape index (κ2) is 2.85. The smallest absolute Gasteiger partial charge is 0.155 e. The fourth-order valence-corrected chi connectivity index (χ4v) is 1.53. The van der Waals surface area contributed by atoms with Gasteiger partial charge in [-0.2, -0.15) is 0 Å². The Morgan fingerprint density at radius 1 is 1.47 bits per heavy atom. The van der Waals surface area contributed by atoms with E-state index >= 15 is 0 Å². The molecule has 0 atom stereocenters. The highest BCUT2D eigenvalue weighted by atomic mass is 15.3. The number of nitrogens with one attached hydrogen (secondary N) is 1. The van der Waals surface area contributed by atoms with Crippen LogP contribution in [-0.4, -0.2) is 15.4 Å². The first-order valence-electron chi connectivity index (χ1n) is 4.78. The summed E-state index contributed by atoms with van der Waals surface area (Å²) >= 11 is 0. The molecule has 0 amide bonds. The van der Waals surface area contributed by atoms with E-state index in [9.17, 15) is 0 Å². The lowest BCUT2D eigenvalue weighted by molar-refractivity contribution is 0.401. The van der Waals surface area contributed by atoms with Crippen molar-refractivity contribution in [1.29, 1.82) is 0 Å². The maximum Gasteiger partial charge on any atom is 0.155 e. The third-order valence-electron chi connectivity index (χ3n) is 2.25. The van der Waals surface area contributed by atoms with Gasteiger partial charge in [0.2, 0.25) is 0 Å². The van der Waals surface area contributed by atoms with Gasteiger partial charge in [-0.15, -0.1) is 0 Å². The molecule has 2 heterocycles. The first kappa shape index (κ1) is 9.76. The number of imidazole rings is 1. The van der Waals surface area contributed by atoms with Gasteiger partial charge in [0.05, 0.1) is 6.33 Å². The molecule has 5 heteroatoms. The zero-order valence-corrected chi connectivity index (χ0v) is 9.20. The predicted octanol–water partition coefficient (Wildman–Crippen LogP) is 1.24. The van der Waals surface area contributed by atoms with Gasteiger partial charge in [0.1, 0.15) is 17.3 Å². The average molecular weight is 205 g/mol. The van der Waals surface area contributed by atoms with Crippen molar-refractivity contribution in [3.05, 3.63) is 24.4 Å². The maximum absolute atomic E-state index is 5.77. The lowest BCUT2D eigenvalue weighted by Crippen LogP contribution is -2.27. The van der Waals surface area contributed by atoms with Crippen LogP contribution in [0.5, 0.6) is 0 Å². The van der Waals surface area contributed by atoms with Crippen LogP contribution in [0.1, 0.15) is 26.5 Å². The zero-order chi connectivity index (χ0) is 11.2. The van der Waals surface area contributed by atoms with Crippen LogP contribution in [0, 0.1) is 0 Å². The molecule has 80 valence electrons. The molecule has 0 aliphatic carbocycles. The molecule has 5 nitrogen and oxygen atoms in total. The van der Waals surface area contributed by atoms with Crippen LogP contribution < -0.4 is 11.1 Å². The summed E-state index contributed by atoms with van der Waals surface area (Å²) in [5.41, 5.74) is 6.41. The van der Waals surface area contributed by atoms with Crippen LogP contribution in [0.4, 0.5) is 5.82 Å². The highest BCUT2D eigenvalue weighted by molar-refractivity contribution is 6.02. The number of hydrogen-bond donors (Lipinski definition) is 2. The van der Waals surface area contributed by atoms with Crippen molar-refractivity contribution in [2.24, 2.45) is 10.7 Å². The minimum atomic E-state index is -0.0501. The molecule has 0 radical (unpaired) electrons. The SMILES string of the molecule is C=C1N=C(N)c2ncn(C(C)(C)C)c2N1. The van der Waals surface area contributed by atoms with Gasteiger partial charge in [0.15, 0.2) is 5.84 Å². The van der Waals surface area contributed by atoms with Gasteiger partial charge in [-0.05, 0) is 20.8 Å². The van der Waals surface area contributed by atoms with E-state index in [0.29, 0.717) is 17.4 Å². The van der Waals surface area contributed by atoms with E-state index in [2.05, 4.69) is 42.6 Å². The van der Waals surface area contributed by atoms with Crippen LogP contribution in [0.15, 0.2) is 23.7 Å². The van der Waals surface area contributed by atoms with Crippen molar-refractivity contribution in [2.75, 3.05) is 5.32 Å². The lowest BCUT2D eigenvalue weighted by Gasteiger charge is -2.25. The summed E-state index contributed by atoms with van der Waals surface area (Å²) < 4.78 is 2.02. The molecular weight excluding hydrogens is 190 g/mol. The molecule has 0 bridgehead atoms. The van der Waals surface area contributed by atoms with Gasteiger partial charge >= 0.3 is 0 Å². The Bertz CT molecular complexity index is 447. The van der Waals surface area contributed by atoms with E-state index in [1.807, 2.05) is 4.57 Å². The van der Waals surface area contributed by atoms with Gasteiger partial charge in [-0.1, -0.05) is 6.58 Å². The number of amidine groups is 1. The second-order valence-corrected chi connectivity index (χ2v) is 4.55. The molecule has 0 spiro atoms. The summed E-state index contributed by atoms with van der Waals surface area (Å²) in [6.07, 6.45) is 1.76. The van der Waals surface area contributed by atoms with Gasteiger partial charge < -0.3 is 15.6 Å². The first-order valence-corrected chi connectivity index (χ1v) is 4.78. The Morgan fingerprint density at radius 3 is 2.73 bits per heavy atom. The number of rotatable bonds is 0. The molecule has 0 fully saturated rings. The predicted molar refractivity (Wildman–Crippen MR) is 60.7 cm³/mol. The highest BCUT2D eigenvalue weighted by Gasteiger charge is 2.24. The van der Waals surface area contributed by atoms with E-state index < -0.39 is 0 Å². The molecule has 1 aromatic rings. The van der Waals surface area contributed by atoms with Crippen LogP contribution in [0.25, 0.3) is 0 Å². The molecule has 0 aromatic carbocycles. The number of aliphatic imine (C=N–C) groups is 1. The van der Waals surface area contributed by atoms with Gasteiger partial charge in [-0.3, -0.25) is 0 Å². The van der Waals surface area contributed by atoms with Crippen molar-refractivity contribution in [2.45, 2.75) is 26.3 Å². The molecule has 1 aliphatic rings. The van der Waals surface area contributed by atoms with Gasteiger partial charge in [0.25, 0.3) is 0 Å². The summed E-state index contributed by atoms with van der Waals surface area (Å²) in [4.78, 5) is 8.27. The number of hydrogen-bond acceptors (Lipinski definition) is 4. The first-order chi connectivity index (χ1) is 6.89. The van der Waals surface area contributed by atoms with Crippen molar-refractivity contribution >= 4 is 11.7 Å². The van der Waals surface area contributed by atoms with E-state index in [1.165, 1.54) is 0 Å². The van der Waals surface area contributed by atoms with Crippen LogP contribution in [0.2, 0.25) is 0 Å². The molecule has 15 heavy (non-hydrogen) atoms. The molecule has 0 unspecified atom stereocenters. The molecule has 1 aliphatic heterocycles. The van der Waals surface area contributed by atoms with Crippen LogP contribution >= 0.6 is 0 Å². The Hall–Kier alpha value is -1.78. The minimum absolute atomic E-state index is 0.0501. The fourth-order valence-electron chi connectivity index (χ4n) is 1.53. The molecule has 0 saturated carbocycles. The Kier molecular flexibility index (Phi) is 1.86. The molecule has 0 saturated heterocycles. The summed E-state index contributed by atoms with van der Waals surface area (Å²) in [6, 6.07) is 0. The number of nitrogens with two attached hydrogens (primary N) is 1. The average Bonchev–Trinajstić information content (AvgIpc) is 2.45. The summed E-state index contributed by atoms with van der Waals surface area (Å²) in [7, 11) is 0. The van der Waals surface area contributed by atoms with Crippen molar-refractivity contribution < 1.29 is 0 Å².